The zero-order chi connectivity index (χ0) is 37.2. The van der Waals surface area contributed by atoms with Gasteiger partial charge in [0.25, 0.3) is 0 Å². The Morgan fingerprint density at radius 1 is 0.551 bits per heavy atom. The molecule has 3 nitrogen and oxygen atoms in total. The van der Waals surface area contributed by atoms with Crippen molar-refractivity contribution < 1.29 is 4.74 Å². The van der Waals surface area contributed by atoms with Crippen molar-refractivity contribution >= 4 is 11.6 Å². The summed E-state index contributed by atoms with van der Waals surface area (Å²) in [4.78, 5) is 8.28. The molecule has 0 aromatic rings. The summed E-state index contributed by atoms with van der Waals surface area (Å²) >= 11 is 0. The fraction of sp³-hybridized carbons (Fsp3) is 0.870. The van der Waals surface area contributed by atoms with E-state index < -0.39 is 0 Å². The van der Waals surface area contributed by atoms with Crippen LogP contribution in [0.1, 0.15) is 235 Å². The van der Waals surface area contributed by atoms with Crippen LogP contribution >= 0.6 is 0 Å². The van der Waals surface area contributed by atoms with E-state index >= 15 is 0 Å². The second kappa shape index (κ2) is 44.6. The van der Waals surface area contributed by atoms with E-state index in [1.165, 1.54) is 203 Å². The molecule has 292 valence electrons. The standard InChI is InChI=1S/C36H69N.C6H14.C4H9NO/c1-7-10-13-15-17-19-20-22-24-27-29-35(32-36(34(5)37-6)30-25-12-9-3)31-33(4)28-26-23-21-18-16-14-11-8-2;1-3-5-6-4-2;1-4(5-2)6-3/h30,35H,4,7-29,31-32H2,1-3,5-6H3;3-6H2,1-2H3;1-3H3/b36-30+,37-34?;;. The lowest BCUT2D eigenvalue weighted by atomic mass is 9.85. The van der Waals surface area contributed by atoms with Crippen molar-refractivity contribution in [1.29, 1.82) is 0 Å². The Labute approximate surface area is 311 Å². The maximum atomic E-state index is 4.65. The molecule has 0 spiro atoms. The number of ether oxygens (including phenoxy) is 1. The minimum Gasteiger partial charge on any atom is -0.485 e. The second-order valence-corrected chi connectivity index (χ2v) is 14.6. The van der Waals surface area contributed by atoms with Crippen molar-refractivity contribution in [2.75, 3.05) is 21.2 Å². The first-order valence-electron chi connectivity index (χ1n) is 21.6. The van der Waals surface area contributed by atoms with Crippen molar-refractivity contribution in [2.45, 2.75) is 235 Å². The number of nitrogens with zero attached hydrogens (tertiary/aromatic N) is 2. The number of hydrogen-bond donors (Lipinski definition) is 0. The monoisotopic (exact) mass is 689 g/mol. The Bertz CT molecular complexity index is 746. The number of methoxy groups -OCH3 is 1. The molecule has 0 bridgehead atoms. The van der Waals surface area contributed by atoms with E-state index in [0.717, 1.165) is 11.8 Å². The number of hydrogen-bond acceptors (Lipinski definition) is 3. The molecule has 0 aliphatic heterocycles. The molecule has 0 aliphatic rings. The third-order valence-corrected chi connectivity index (χ3v) is 9.75. The van der Waals surface area contributed by atoms with Gasteiger partial charge in [0.1, 0.15) is 0 Å². The van der Waals surface area contributed by atoms with Crippen LogP contribution in [0.2, 0.25) is 0 Å². The largest absolute Gasteiger partial charge is 0.485 e. The molecule has 3 heteroatoms. The number of rotatable bonds is 31. The van der Waals surface area contributed by atoms with Gasteiger partial charge in [-0.05, 0) is 56.9 Å². The first-order valence-corrected chi connectivity index (χ1v) is 21.6. The molecule has 0 rings (SSSR count). The van der Waals surface area contributed by atoms with Crippen LogP contribution in [0.25, 0.3) is 0 Å². The molecule has 0 N–H and O–H groups in total. The maximum absolute atomic E-state index is 4.65. The van der Waals surface area contributed by atoms with Crippen LogP contribution in [0, 0.1) is 5.92 Å². The summed E-state index contributed by atoms with van der Waals surface area (Å²) in [5, 5.41) is 0. The summed E-state index contributed by atoms with van der Waals surface area (Å²) in [5.41, 5.74) is 4.26. The third kappa shape index (κ3) is 42.7. The normalized spacial score (nSPS) is 12.6. The molecule has 0 fully saturated rings. The van der Waals surface area contributed by atoms with Crippen molar-refractivity contribution in [3.05, 3.63) is 23.8 Å². The van der Waals surface area contributed by atoms with Gasteiger partial charge >= 0.3 is 0 Å². The zero-order valence-electron chi connectivity index (χ0n) is 35.7. The third-order valence-electron chi connectivity index (χ3n) is 9.75. The van der Waals surface area contributed by atoms with Gasteiger partial charge in [0.15, 0.2) is 5.90 Å². The SMILES string of the molecule is C=C(CCCCCCCCCC)CC(CCCCCCCCCCCC)C/C(=C\CCCC)C(C)=NC.CCCCCC.CN=C(C)OC. The lowest BCUT2D eigenvalue weighted by Crippen LogP contribution is -2.09. The van der Waals surface area contributed by atoms with Crippen LogP contribution in [0.5, 0.6) is 0 Å². The molecular weight excluding hydrogens is 597 g/mol. The molecule has 0 aromatic heterocycles. The summed E-state index contributed by atoms with van der Waals surface area (Å²) in [6.45, 7) is 19.9. The zero-order valence-corrected chi connectivity index (χ0v) is 35.7. The number of unbranched alkanes of at least 4 members (excludes halogenated alkanes) is 21. The van der Waals surface area contributed by atoms with Crippen molar-refractivity contribution in [3.63, 3.8) is 0 Å². The molecule has 0 aromatic carbocycles. The lowest BCUT2D eigenvalue weighted by molar-refractivity contribution is 0.399. The Morgan fingerprint density at radius 2 is 0.959 bits per heavy atom. The topological polar surface area (TPSA) is 34.0 Å². The minimum absolute atomic E-state index is 0.718. The molecule has 0 saturated heterocycles. The summed E-state index contributed by atoms with van der Waals surface area (Å²) in [7, 11) is 5.25. The molecule has 0 heterocycles. The highest BCUT2D eigenvalue weighted by Gasteiger charge is 2.15. The molecule has 49 heavy (non-hydrogen) atoms. The quantitative estimate of drug-likeness (QED) is 0.0309. The van der Waals surface area contributed by atoms with Crippen LogP contribution in [0.4, 0.5) is 0 Å². The lowest BCUT2D eigenvalue weighted by Gasteiger charge is -2.21. The molecular formula is C46H92N2O. The van der Waals surface area contributed by atoms with Crippen LogP contribution < -0.4 is 0 Å². The predicted molar refractivity (Wildman–Crippen MR) is 228 cm³/mol. The highest BCUT2D eigenvalue weighted by atomic mass is 16.5. The molecule has 0 aliphatic carbocycles. The van der Waals surface area contributed by atoms with Gasteiger partial charge in [-0.25, -0.2) is 0 Å². The van der Waals surface area contributed by atoms with Gasteiger partial charge in [0.2, 0.25) is 0 Å². The highest BCUT2D eigenvalue weighted by molar-refractivity contribution is 5.98. The fourth-order valence-corrected chi connectivity index (χ4v) is 6.12. The van der Waals surface area contributed by atoms with E-state index in [2.05, 4.69) is 68.9 Å². The smallest absolute Gasteiger partial charge is 0.179 e. The molecule has 1 unspecified atom stereocenters. The molecule has 1 atom stereocenters. The predicted octanol–water partition coefficient (Wildman–Crippen LogP) is 16.3. The van der Waals surface area contributed by atoms with E-state index in [9.17, 15) is 0 Å². The summed E-state index contributed by atoms with van der Waals surface area (Å²) < 4.78 is 4.65. The van der Waals surface area contributed by atoms with E-state index in [1.807, 2.05) is 7.05 Å². The second-order valence-electron chi connectivity index (χ2n) is 14.6. The average Bonchev–Trinajstić information content (AvgIpc) is 3.11. The van der Waals surface area contributed by atoms with Crippen molar-refractivity contribution in [2.24, 2.45) is 15.9 Å². The van der Waals surface area contributed by atoms with Crippen LogP contribution in [-0.4, -0.2) is 32.8 Å². The van der Waals surface area contributed by atoms with Crippen molar-refractivity contribution in [3.8, 4) is 0 Å². The van der Waals surface area contributed by atoms with Crippen molar-refractivity contribution in [1.82, 2.24) is 0 Å². The Balaban J connectivity index is -0.00000149. The van der Waals surface area contributed by atoms with E-state index in [1.54, 1.807) is 21.1 Å². The van der Waals surface area contributed by atoms with Gasteiger partial charge in [-0.2, -0.15) is 0 Å². The molecule has 0 radical (unpaired) electrons. The van der Waals surface area contributed by atoms with Gasteiger partial charge in [0, 0.05) is 26.7 Å². The van der Waals surface area contributed by atoms with Gasteiger partial charge < -0.3 is 4.74 Å². The Hall–Kier alpha value is -1.38. The number of allylic oxidation sites excluding steroid dienone is 3. The minimum atomic E-state index is 0.718. The Morgan fingerprint density at radius 3 is 1.35 bits per heavy atom. The Kier molecular flexibility index (Phi) is 47.4. The van der Waals surface area contributed by atoms with Crippen LogP contribution in [-0.2, 0) is 4.74 Å². The fourth-order valence-electron chi connectivity index (χ4n) is 6.12. The van der Waals surface area contributed by atoms with Crippen LogP contribution in [0.3, 0.4) is 0 Å². The summed E-state index contributed by atoms with van der Waals surface area (Å²) in [5.74, 6) is 1.45. The first-order chi connectivity index (χ1) is 23.8. The molecule has 0 amide bonds. The van der Waals surface area contributed by atoms with Crippen LogP contribution in [0.15, 0.2) is 33.8 Å². The first kappa shape index (κ1) is 52.0. The van der Waals surface area contributed by atoms with Gasteiger partial charge in [0.05, 0.1) is 7.11 Å². The van der Waals surface area contributed by atoms with Gasteiger partial charge in [-0.1, -0.05) is 201 Å². The van der Waals surface area contributed by atoms with Gasteiger partial charge in [-0.15, -0.1) is 0 Å². The van der Waals surface area contributed by atoms with Gasteiger partial charge in [-0.3, -0.25) is 9.98 Å². The van der Waals surface area contributed by atoms with E-state index in [-0.39, 0.29) is 0 Å². The van der Waals surface area contributed by atoms with E-state index in [4.69, 9.17) is 0 Å². The summed E-state index contributed by atoms with van der Waals surface area (Å²) in [6, 6.07) is 0. The highest BCUT2D eigenvalue weighted by Crippen LogP contribution is 2.28. The van der Waals surface area contributed by atoms with E-state index in [0.29, 0.717) is 0 Å². The molecule has 0 saturated carbocycles. The maximum Gasteiger partial charge on any atom is 0.179 e. The average molecular weight is 689 g/mol. The summed E-state index contributed by atoms with van der Waals surface area (Å²) in [6.07, 6.45) is 42.2. The number of aliphatic imine (C=N–C) groups is 2.